The number of ether oxygens (including phenoxy) is 1. The molecule has 0 radical (unpaired) electrons. The molecule has 142 valence electrons. The monoisotopic (exact) mass is 366 g/mol. The van der Waals surface area contributed by atoms with E-state index in [1.807, 2.05) is 43.3 Å². The van der Waals surface area contributed by atoms with E-state index in [4.69, 9.17) is 4.74 Å². The Morgan fingerprint density at radius 2 is 1.89 bits per heavy atom. The van der Waals surface area contributed by atoms with Crippen molar-refractivity contribution in [2.24, 2.45) is 0 Å². The number of rotatable bonds is 7. The van der Waals surface area contributed by atoms with Crippen LogP contribution in [0.5, 0.6) is 5.75 Å². The molecule has 0 aliphatic heterocycles. The lowest BCUT2D eigenvalue weighted by molar-refractivity contribution is -0.135. The van der Waals surface area contributed by atoms with Gasteiger partial charge in [-0.15, -0.1) is 0 Å². The third-order valence-electron chi connectivity index (χ3n) is 4.91. The Hall–Kier alpha value is -2.82. The Morgan fingerprint density at radius 1 is 1.11 bits per heavy atom. The minimum atomic E-state index is -0.227. The second kappa shape index (κ2) is 8.71. The highest BCUT2D eigenvalue weighted by Gasteiger charge is 2.16. The van der Waals surface area contributed by atoms with Crippen molar-refractivity contribution in [3.05, 3.63) is 59.2 Å². The molecular weight excluding hydrogens is 340 g/mol. The van der Waals surface area contributed by atoms with E-state index in [1.54, 1.807) is 7.05 Å². The van der Waals surface area contributed by atoms with E-state index in [0.717, 1.165) is 30.5 Å². The van der Waals surface area contributed by atoms with Crippen LogP contribution in [-0.2, 0) is 28.9 Å². The summed E-state index contributed by atoms with van der Waals surface area (Å²) >= 11 is 0. The summed E-state index contributed by atoms with van der Waals surface area (Å²) in [6.07, 6.45) is 4.20. The number of anilines is 1. The number of carbonyl (C=O) groups is 2. The van der Waals surface area contributed by atoms with Crippen molar-refractivity contribution < 1.29 is 14.3 Å². The summed E-state index contributed by atoms with van der Waals surface area (Å²) in [5, 5.41) is 2.88. The van der Waals surface area contributed by atoms with Gasteiger partial charge in [0.25, 0.3) is 5.91 Å². The zero-order chi connectivity index (χ0) is 19.2. The Morgan fingerprint density at radius 3 is 2.70 bits per heavy atom. The molecule has 0 saturated carbocycles. The number of carbonyl (C=O) groups excluding carboxylic acids is 2. The van der Waals surface area contributed by atoms with Gasteiger partial charge >= 0.3 is 0 Å². The first-order valence-corrected chi connectivity index (χ1v) is 9.43. The lowest BCUT2D eigenvalue weighted by Crippen LogP contribution is -2.37. The molecule has 3 rings (SSSR count). The molecule has 2 aromatic rings. The van der Waals surface area contributed by atoms with Crippen LogP contribution in [0.25, 0.3) is 0 Å². The maximum atomic E-state index is 12.3. The minimum absolute atomic E-state index is 0.00949. The summed E-state index contributed by atoms with van der Waals surface area (Å²) in [6.45, 7) is 1.95. The van der Waals surface area contributed by atoms with Crippen LogP contribution in [0.4, 0.5) is 5.69 Å². The average Bonchev–Trinajstić information content (AvgIpc) is 3.14. The second-order valence-corrected chi connectivity index (χ2v) is 6.88. The summed E-state index contributed by atoms with van der Waals surface area (Å²) in [5.41, 5.74) is 4.54. The molecule has 27 heavy (non-hydrogen) atoms. The summed E-state index contributed by atoms with van der Waals surface area (Å²) in [4.78, 5) is 25.9. The van der Waals surface area contributed by atoms with Gasteiger partial charge in [-0.05, 0) is 60.6 Å². The Labute approximate surface area is 160 Å². The van der Waals surface area contributed by atoms with E-state index >= 15 is 0 Å². The van der Waals surface area contributed by atoms with E-state index in [2.05, 4.69) is 11.4 Å². The molecule has 0 unspecified atom stereocenters. The van der Waals surface area contributed by atoms with Crippen molar-refractivity contribution in [1.82, 2.24) is 4.90 Å². The van der Waals surface area contributed by atoms with E-state index in [-0.39, 0.29) is 25.0 Å². The molecule has 0 atom stereocenters. The highest BCUT2D eigenvalue weighted by atomic mass is 16.5. The molecule has 2 amide bonds. The highest BCUT2D eigenvalue weighted by molar-refractivity contribution is 5.95. The number of fused-ring (bicyclic) bond motifs is 1. The molecule has 5 heteroatoms. The molecular formula is C22H26N2O3. The first kappa shape index (κ1) is 19.0. The SMILES string of the molecule is CCc1ccccc1NC(=O)CN(C)C(=O)COc1ccc2c(c1)CCC2. The Balaban J connectivity index is 1.49. The smallest absolute Gasteiger partial charge is 0.260 e. The Kier molecular flexibility index (Phi) is 6.12. The fraction of sp³-hybridized carbons (Fsp3) is 0.364. The van der Waals surface area contributed by atoms with Gasteiger partial charge in [-0.1, -0.05) is 31.2 Å². The van der Waals surface area contributed by atoms with Gasteiger partial charge in [0, 0.05) is 12.7 Å². The zero-order valence-corrected chi connectivity index (χ0v) is 16.0. The molecule has 5 nitrogen and oxygen atoms in total. The van der Waals surface area contributed by atoms with E-state index in [1.165, 1.54) is 22.4 Å². The number of aryl methyl sites for hydroxylation is 3. The zero-order valence-electron chi connectivity index (χ0n) is 16.0. The maximum absolute atomic E-state index is 12.3. The quantitative estimate of drug-likeness (QED) is 0.819. The molecule has 0 saturated heterocycles. The van der Waals surface area contributed by atoms with Crippen molar-refractivity contribution in [3.63, 3.8) is 0 Å². The number of amides is 2. The van der Waals surface area contributed by atoms with Gasteiger partial charge in [0.05, 0.1) is 6.54 Å². The predicted molar refractivity (Wildman–Crippen MR) is 106 cm³/mol. The summed E-state index contributed by atoms with van der Waals surface area (Å²) < 4.78 is 5.63. The van der Waals surface area contributed by atoms with Crippen LogP contribution in [0.1, 0.15) is 30.0 Å². The topological polar surface area (TPSA) is 58.6 Å². The lowest BCUT2D eigenvalue weighted by atomic mass is 10.1. The minimum Gasteiger partial charge on any atom is -0.484 e. The van der Waals surface area contributed by atoms with Crippen LogP contribution in [0.3, 0.4) is 0 Å². The number of nitrogens with zero attached hydrogens (tertiary/aromatic N) is 1. The number of hydrogen-bond acceptors (Lipinski definition) is 3. The maximum Gasteiger partial charge on any atom is 0.260 e. The van der Waals surface area contributed by atoms with Crippen molar-refractivity contribution in [2.45, 2.75) is 32.6 Å². The number of likely N-dealkylation sites (N-methyl/N-ethyl adjacent to an activating group) is 1. The summed E-state index contributed by atoms with van der Waals surface area (Å²) in [5.74, 6) is 0.262. The molecule has 0 fully saturated rings. The number of nitrogens with one attached hydrogen (secondary N) is 1. The van der Waals surface area contributed by atoms with Crippen molar-refractivity contribution in [2.75, 3.05) is 25.5 Å². The predicted octanol–water partition coefficient (Wildman–Crippen LogP) is 3.21. The largest absolute Gasteiger partial charge is 0.484 e. The molecule has 1 aliphatic rings. The Bertz CT molecular complexity index is 832. The third-order valence-corrected chi connectivity index (χ3v) is 4.91. The first-order chi connectivity index (χ1) is 13.1. The normalized spacial score (nSPS) is 12.4. The average molecular weight is 366 g/mol. The summed E-state index contributed by atoms with van der Waals surface area (Å²) in [7, 11) is 1.61. The number of para-hydroxylation sites is 1. The van der Waals surface area contributed by atoms with Gasteiger partial charge < -0.3 is 15.0 Å². The van der Waals surface area contributed by atoms with E-state index < -0.39 is 0 Å². The van der Waals surface area contributed by atoms with Crippen LogP contribution in [0.2, 0.25) is 0 Å². The highest BCUT2D eigenvalue weighted by Crippen LogP contribution is 2.26. The van der Waals surface area contributed by atoms with Crippen LogP contribution in [-0.4, -0.2) is 36.9 Å². The fourth-order valence-corrected chi connectivity index (χ4v) is 3.34. The van der Waals surface area contributed by atoms with Crippen LogP contribution in [0.15, 0.2) is 42.5 Å². The van der Waals surface area contributed by atoms with Crippen molar-refractivity contribution >= 4 is 17.5 Å². The molecule has 2 aromatic carbocycles. The van der Waals surface area contributed by atoms with Gasteiger partial charge in [-0.25, -0.2) is 0 Å². The molecule has 0 aromatic heterocycles. The van der Waals surface area contributed by atoms with Crippen molar-refractivity contribution in [3.8, 4) is 5.75 Å². The van der Waals surface area contributed by atoms with Gasteiger partial charge in [-0.3, -0.25) is 9.59 Å². The van der Waals surface area contributed by atoms with Crippen LogP contribution >= 0.6 is 0 Å². The standard InChI is InChI=1S/C22H26N2O3/c1-3-16-7-4-5-10-20(16)23-21(25)14-24(2)22(26)15-27-19-12-11-17-8-6-9-18(17)13-19/h4-5,7,10-13H,3,6,8-9,14-15H2,1-2H3,(H,23,25). The molecule has 0 heterocycles. The number of benzene rings is 2. The van der Waals surface area contributed by atoms with E-state index in [9.17, 15) is 9.59 Å². The van der Waals surface area contributed by atoms with Crippen LogP contribution in [0, 0.1) is 0 Å². The number of hydrogen-bond donors (Lipinski definition) is 1. The lowest BCUT2D eigenvalue weighted by Gasteiger charge is -2.18. The van der Waals surface area contributed by atoms with Gasteiger partial charge in [0.15, 0.2) is 6.61 Å². The van der Waals surface area contributed by atoms with Crippen LogP contribution < -0.4 is 10.1 Å². The molecule has 1 aliphatic carbocycles. The first-order valence-electron chi connectivity index (χ1n) is 9.43. The van der Waals surface area contributed by atoms with Gasteiger partial charge in [-0.2, -0.15) is 0 Å². The fourth-order valence-electron chi connectivity index (χ4n) is 3.34. The molecule has 1 N–H and O–H groups in total. The second-order valence-electron chi connectivity index (χ2n) is 6.88. The third kappa shape index (κ3) is 4.88. The van der Waals surface area contributed by atoms with Gasteiger partial charge in [0.2, 0.25) is 5.91 Å². The van der Waals surface area contributed by atoms with Gasteiger partial charge in [0.1, 0.15) is 5.75 Å². The molecule has 0 bridgehead atoms. The van der Waals surface area contributed by atoms with E-state index in [0.29, 0.717) is 5.75 Å². The van der Waals surface area contributed by atoms with Crippen molar-refractivity contribution in [1.29, 1.82) is 0 Å². The molecule has 0 spiro atoms. The summed E-state index contributed by atoms with van der Waals surface area (Å²) in [6, 6.07) is 13.7.